The summed E-state index contributed by atoms with van der Waals surface area (Å²) in [6, 6.07) is 5.23. The minimum atomic E-state index is -0.307. The average molecular weight is 291 g/mol. The number of esters is 1. The zero-order chi connectivity index (χ0) is 15.2. The van der Waals surface area contributed by atoms with Crippen LogP contribution in [0.4, 0.5) is 11.4 Å². The van der Waals surface area contributed by atoms with Gasteiger partial charge in [-0.3, -0.25) is 0 Å². The van der Waals surface area contributed by atoms with Crippen molar-refractivity contribution in [1.82, 2.24) is 4.90 Å². The van der Waals surface area contributed by atoms with Crippen LogP contribution in [0.3, 0.4) is 0 Å². The number of hydrogen-bond donors (Lipinski definition) is 2. The number of likely N-dealkylation sites (tertiary alicyclic amines) is 1. The maximum Gasteiger partial charge on any atom is 0.338 e. The molecule has 0 radical (unpaired) electrons. The van der Waals surface area contributed by atoms with Crippen LogP contribution in [0.5, 0.6) is 0 Å². The van der Waals surface area contributed by atoms with Gasteiger partial charge in [0.25, 0.3) is 0 Å². The smallest absolute Gasteiger partial charge is 0.338 e. The van der Waals surface area contributed by atoms with Crippen LogP contribution < -0.4 is 11.1 Å². The normalized spacial score (nSPS) is 18.7. The zero-order valence-electron chi connectivity index (χ0n) is 12.9. The molecule has 116 valence electrons. The number of carbonyl (C=O) groups excluding carboxylic acids is 1. The summed E-state index contributed by atoms with van der Waals surface area (Å²) in [5.74, 6) is 0.328. The number of nitrogen functional groups attached to an aromatic ring is 1. The molecule has 1 fully saturated rings. The molecule has 1 aliphatic heterocycles. The highest BCUT2D eigenvalue weighted by Gasteiger charge is 2.21. The average Bonchev–Trinajstić information content (AvgIpc) is 2.94. The standard InChI is InChI=1S/C16H25N3O2/c1-3-19-8-7-12(11-19)10-18-15-9-13(5-6-14(15)17)16(20)21-4-2/h5-6,9,12,18H,3-4,7-8,10-11,17H2,1-2H3. The van der Waals surface area contributed by atoms with Crippen molar-refractivity contribution in [3.05, 3.63) is 23.8 Å². The van der Waals surface area contributed by atoms with Gasteiger partial charge in [-0.25, -0.2) is 4.79 Å². The molecule has 5 heteroatoms. The third kappa shape index (κ3) is 4.11. The maximum absolute atomic E-state index is 11.8. The predicted octanol–water partition coefficient (Wildman–Crippen LogP) is 2.20. The molecule has 1 atom stereocenters. The van der Waals surface area contributed by atoms with Crippen molar-refractivity contribution in [1.29, 1.82) is 0 Å². The van der Waals surface area contributed by atoms with E-state index in [0.717, 1.165) is 25.3 Å². The van der Waals surface area contributed by atoms with E-state index in [1.807, 2.05) is 0 Å². The molecular weight excluding hydrogens is 266 g/mol. The second-order valence-electron chi connectivity index (χ2n) is 5.45. The van der Waals surface area contributed by atoms with Crippen molar-refractivity contribution in [3.63, 3.8) is 0 Å². The summed E-state index contributed by atoms with van der Waals surface area (Å²) in [5, 5.41) is 3.38. The van der Waals surface area contributed by atoms with Gasteiger partial charge in [0, 0.05) is 13.1 Å². The molecule has 1 unspecified atom stereocenters. The highest BCUT2D eigenvalue weighted by atomic mass is 16.5. The van der Waals surface area contributed by atoms with Gasteiger partial charge in [-0.2, -0.15) is 0 Å². The van der Waals surface area contributed by atoms with Crippen molar-refractivity contribution in [2.75, 3.05) is 43.8 Å². The lowest BCUT2D eigenvalue weighted by Crippen LogP contribution is -2.22. The second-order valence-corrected chi connectivity index (χ2v) is 5.45. The Hall–Kier alpha value is -1.75. The molecule has 1 aliphatic rings. The Bertz CT molecular complexity index is 490. The quantitative estimate of drug-likeness (QED) is 0.621. The molecule has 21 heavy (non-hydrogen) atoms. The van der Waals surface area contributed by atoms with E-state index in [9.17, 15) is 4.79 Å². The maximum atomic E-state index is 11.8. The number of rotatable bonds is 6. The summed E-state index contributed by atoms with van der Waals surface area (Å²) in [4.78, 5) is 14.2. The summed E-state index contributed by atoms with van der Waals surface area (Å²) < 4.78 is 5.02. The van der Waals surface area contributed by atoms with Crippen LogP contribution in [0, 0.1) is 5.92 Å². The van der Waals surface area contributed by atoms with Gasteiger partial charge >= 0.3 is 5.97 Å². The Morgan fingerprint density at radius 3 is 2.95 bits per heavy atom. The zero-order valence-corrected chi connectivity index (χ0v) is 12.9. The molecule has 2 rings (SSSR count). The third-order valence-electron chi connectivity index (χ3n) is 3.96. The van der Waals surface area contributed by atoms with Gasteiger partial charge in [-0.1, -0.05) is 6.92 Å². The number of hydrogen-bond acceptors (Lipinski definition) is 5. The van der Waals surface area contributed by atoms with Crippen molar-refractivity contribution in [2.24, 2.45) is 5.92 Å². The van der Waals surface area contributed by atoms with E-state index in [1.54, 1.807) is 25.1 Å². The van der Waals surface area contributed by atoms with E-state index in [-0.39, 0.29) is 5.97 Å². The van der Waals surface area contributed by atoms with Crippen molar-refractivity contribution in [2.45, 2.75) is 20.3 Å². The fourth-order valence-corrected chi connectivity index (χ4v) is 2.67. The molecule has 0 aromatic heterocycles. The number of nitrogens with one attached hydrogen (secondary N) is 1. The topological polar surface area (TPSA) is 67.6 Å². The van der Waals surface area contributed by atoms with E-state index in [0.29, 0.717) is 23.8 Å². The number of nitrogens with zero attached hydrogens (tertiary/aromatic N) is 1. The molecular formula is C16H25N3O2. The molecule has 0 aliphatic carbocycles. The number of carbonyl (C=O) groups is 1. The van der Waals surface area contributed by atoms with Crippen LogP contribution in [0.25, 0.3) is 0 Å². The number of ether oxygens (including phenoxy) is 1. The first kappa shape index (κ1) is 15.6. The number of benzene rings is 1. The summed E-state index contributed by atoms with van der Waals surface area (Å²) in [6.07, 6.45) is 1.21. The van der Waals surface area contributed by atoms with E-state index < -0.39 is 0 Å². The molecule has 5 nitrogen and oxygen atoms in total. The Morgan fingerprint density at radius 1 is 1.48 bits per heavy atom. The summed E-state index contributed by atoms with van der Waals surface area (Å²) in [7, 11) is 0. The van der Waals surface area contributed by atoms with Crippen LogP contribution in [0.15, 0.2) is 18.2 Å². The molecule has 1 saturated heterocycles. The van der Waals surface area contributed by atoms with Crippen LogP contribution in [0.2, 0.25) is 0 Å². The van der Waals surface area contributed by atoms with Gasteiger partial charge in [-0.05, 0) is 50.6 Å². The number of anilines is 2. The summed E-state index contributed by atoms with van der Waals surface area (Å²) in [6.45, 7) is 8.65. The molecule has 0 amide bonds. The second kappa shape index (κ2) is 7.31. The minimum absolute atomic E-state index is 0.307. The molecule has 0 saturated carbocycles. The number of nitrogens with two attached hydrogens (primary N) is 1. The van der Waals surface area contributed by atoms with Gasteiger partial charge in [-0.15, -0.1) is 0 Å². The predicted molar refractivity (Wildman–Crippen MR) is 85.5 cm³/mol. The first-order valence-corrected chi connectivity index (χ1v) is 7.66. The van der Waals surface area contributed by atoms with E-state index in [2.05, 4.69) is 17.1 Å². The Balaban J connectivity index is 1.96. The summed E-state index contributed by atoms with van der Waals surface area (Å²) >= 11 is 0. The minimum Gasteiger partial charge on any atom is -0.462 e. The Morgan fingerprint density at radius 2 is 2.29 bits per heavy atom. The molecule has 3 N–H and O–H groups in total. The van der Waals surface area contributed by atoms with Gasteiger partial charge in [0.2, 0.25) is 0 Å². The van der Waals surface area contributed by atoms with Gasteiger partial charge in [0.05, 0.1) is 23.5 Å². The lowest BCUT2D eigenvalue weighted by Gasteiger charge is -2.16. The lowest BCUT2D eigenvalue weighted by atomic mass is 10.1. The first-order valence-electron chi connectivity index (χ1n) is 7.66. The molecule has 0 spiro atoms. The van der Waals surface area contributed by atoms with E-state index in [1.165, 1.54) is 13.0 Å². The third-order valence-corrected chi connectivity index (χ3v) is 3.96. The summed E-state index contributed by atoms with van der Waals surface area (Å²) in [5.41, 5.74) is 7.99. The Kier molecular flexibility index (Phi) is 5.44. The van der Waals surface area contributed by atoms with Crippen molar-refractivity contribution >= 4 is 17.3 Å². The van der Waals surface area contributed by atoms with E-state index in [4.69, 9.17) is 10.5 Å². The highest BCUT2D eigenvalue weighted by Crippen LogP contribution is 2.23. The fourth-order valence-electron chi connectivity index (χ4n) is 2.67. The molecule has 1 aromatic rings. The highest BCUT2D eigenvalue weighted by molar-refractivity contribution is 5.92. The van der Waals surface area contributed by atoms with Crippen LogP contribution in [-0.2, 0) is 4.74 Å². The van der Waals surface area contributed by atoms with Crippen molar-refractivity contribution < 1.29 is 9.53 Å². The van der Waals surface area contributed by atoms with Crippen LogP contribution in [-0.4, -0.2) is 43.7 Å². The SMILES string of the molecule is CCOC(=O)c1ccc(N)c(NCC2CCN(CC)C2)c1. The van der Waals surface area contributed by atoms with Gasteiger partial charge in [0.1, 0.15) is 0 Å². The van der Waals surface area contributed by atoms with Crippen molar-refractivity contribution in [3.8, 4) is 0 Å². The monoisotopic (exact) mass is 291 g/mol. The molecule has 1 heterocycles. The van der Waals surface area contributed by atoms with Gasteiger partial charge < -0.3 is 20.7 Å². The molecule has 1 aromatic carbocycles. The van der Waals surface area contributed by atoms with E-state index >= 15 is 0 Å². The molecule has 0 bridgehead atoms. The van der Waals surface area contributed by atoms with Crippen LogP contribution >= 0.6 is 0 Å². The lowest BCUT2D eigenvalue weighted by molar-refractivity contribution is 0.0526. The Labute approximate surface area is 126 Å². The fraction of sp³-hybridized carbons (Fsp3) is 0.562. The van der Waals surface area contributed by atoms with Crippen LogP contribution in [0.1, 0.15) is 30.6 Å². The van der Waals surface area contributed by atoms with Gasteiger partial charge in [0.15, 0.2) is 0 Å². The first-order chi connectivity index (χ1) is 10.1. The largest absolute Gasteiger partial charge is 0.462 e.